The van der Waals surface area contributed by atoms with Gasteiger partial charge in [0.2, 0.25) is 0 Å². The van der Waals surface area contributed by atoms with Crippen molar-refractivity contribution in [1.82, 2.24) is 10.2 Å². The van der Waals surface area contributed by atoms with Crippen LogP contribution in [0.5, 0.6) is 0 Å². The van der Waals surface area contributed by atoms with Crippen LogP contribution in [0.3, 0.4) is 0 Å². The zero-order chi connectivity index (χ0) is 7.72. The SMILES string of the molecule is CN1C(=O)NC=C(F)C1N. The quantitative estimate of drug-likeness (QED) is 0.493. The molecule has 0 aromatic rings. The Morgan fingerprint density at radius 1 is 1.90 bits per heavy atom. The summed E-state index contributed by atoms with van der Waals surface area (Å²) in [6.07, 6.45) is 0.0289. The predicted octanol–water partition coefficient (Wildman–Crippen LogP) is -0.263. The third-order valence-corrected chi connectivity index (χ3v) is 1.35. The van der Waals surface area contributed by atoms with E-state index in [1.165, 1.54) is 7.05 Å². The lowest BCUT2D eigenvalue weighted by molar-refractivity contribution is 0.189. The van der Waals surface area contributed by atoms with Crippen molar-refractivity contribution in [1.29, 1.82) is 0 Å². The first-order valence-electron chi connectivity index (χ1n) is 2.77. The molecule has 1 unspecified atom stereocenters. The van der Waals surface area contributed by atoms with Gasteiger partial charge < -0.3 is 16.0 Å². The lowest BCUT2D eigenvalue weighted by atomic mass is 10.4. The highest BCUT2D eigenvalue weighted by atomic mass is 19.1. The van der Waals surface area contributed by atoms with E-state index < -0.39 is 18.0 Å². The molecule has 4 nitrogen and oxygen atoms in total. The average molecular weight is 145 g/mol. The van der Waals surface area contributed by atoms with Gasteiger partial charge in [-0.2, -0.15) is 0 Å². The van der Waals surface area contributed by atoms with Crippen molar-refractivity contribution in [2.24, 2.45) is 5.73 Å². The Bertz CT molecular complexity index is 191. The topological polar surface area (TPSA) is 58.4 Å². The van der Waals surface area contributed by atoms with Crippen molar-refractivity contribution in [3.05, 3.63) is 12.0 Å². The predicted molar refractivity (Wildman–Crippen MR) is 33.5 cm³/mol. The summed E-state index contributed by atoms with van der Waals surface area (Å²) >= 11 is 0. The molecule has 1 heterocycles. The maximum atomic E-state index is 12.5. The third kappa shape index (κ3) is 0.950. The van der Waals surface area contributed by atoms with Gasteiger partial charge in [0.25, 0.3) is 0 Å². The first-order valence-corrected chi connectivity index (χ1v) is 2.77. The molecule has 1 aliphatic rings. The normalized spacial score (nSPS) is 25.9. The van der Waals surface area contributed by atoms with E-state index in [1.54, 1.807) is 0 Å². The van der Waals surface area contributed by atoms with Crippen LogP contribution in [0, 0.1) is 0 Å². The van der Waals surface area contributed by atoms with Crippen LogP contribution < -0.4 is 11.1 Å². The highest BCUT2D eigenvalue weighted by Gasteiger charge is 2.23. The van der Waals surface area contributed by atoms with Crippen molar-refractivity contribution in [3.8, 4) is 0 Å². The molecule has 56 valence electrons. The molecule has 0 saturated carbocycles. The molecule has 0 bridgehead atoms. The number of nitrogens with one attached hydrogen (secondary N) is 1. The Balaban J connectivity index is 2.80. The zero-order valence-electron chi connectivity index (χ0n) is 5.47. The molecule has 0 radical (unpaired) electrons. The summed E-state index contributed by atoms with van der Waals surface area (Å²) in [6, 6.07) is -0.395. The van der Waals surface area contributed by atoms with Crippen LogP contribution in [0.1, 0.15) is 0 Å². The number of urea groups is 1. The summed E-state index contributed by atoms with van der Waals surface area (Å²) in [4.78, 5) is 11.8. The molecule has 0 aromatic carbocycles. The molecule has 0 aliphatic carbocycles. The molecule has 1 rings (SSSR count). The van der Waals surface area contributed by atoms with Crippen molar-refractivity contribution in [3.63, 3.8) is 0 Å². The smallest absolute Gasteiger partial charge is 0.312 e. The minimum Gasteiger partial charge on any atom is -0.312 e. The summed E-state index contributed by atoms with van der Waals surface area (Å²) in [5.41, 5.74) is 5.23. The lowest BCUT2D eigenvalue weighted by Crippen LogP contribution is -2.50. The van der Waals surface area contributed by atoms with Crippen molar-refractivity contribution < 1.29 is 9.18 Å². The Labute approximate surface area is 57.5 Å². The molecule has 10 heavy (non-hydrogen) atoms. The van der Waals surface area contributed by atoms with E-state index >= 15 is 0 Å². The van der Waals surface area contributed by atoms with Crippen LogP contribution >= 0.6 is 0 Å². The van der Waals surface area contributed by atoms with Crippen molar-refractivity contribution >= 4 is 6.03 Å². The summed E-state index contributed by atoms with van der Waals surface area (Å²) in [6.45, 7) is 0. The van der Waals surface area contributed by atoms with Crippen LogP contribution in [0.2, 0.25) is 0 Å². The highest BCUT2D eigenvalue weighted by molar-refractivity contribution is 5.76. The molecular weight excluding hydrogens is 137 g/mol. The summed E-state index contributed by atoms with van der Waals surface area (Å²) in [5.74, 6) is -0.540. The van der Waals surface area contributed by atoms with Crippen LogP contribution in [0.15, 0.2) is 12.0 Å². The Hall–Kier alpha value is -1.10. The maximum absolute atomic E-state index is 12.5. The lowest BCUT2D eigenvalue weighted by Gasteiger charge is -2.26. The van der Waals surface area contributed by atoms with E-state index in [2.05, 4.69) is 5.32 Å². The number of nitrogens with zero attached hydrogens (tertiary/aromatic N) is 1. The largest absolute Gasteiger partial charge is 0.322 e. The van der Waals surface area contributed by atoms with Gasteiger partial charge in [0.15, 0.2) is 5.83 Å². The second kappa shape index (κ2) is 2.26. The van der Waals surface area contributed by atoms with Gasteiger partial charge >= 0.3 is 6.03 Å². The van der Waals surface area contributed by atoms with E-state index in [4.69, 9.17) is 5.73 Å². The van der Waals surface area contributed by atoms with Gasteiger partial charge in [-0.15, -0.1) is 0 Å². The maximum Gasteiger partial charge on any atom is 0.322 e. The van der Waals surface area contributed by atoms with Gasteiger partial charge in [0.05, 0.1) is 0 Å². The van der Waals surface area contributed by atoms with Gasteiger partial charge in [-0.05, 0) is 0 Å². The number of hydrogen-bond donors (Lipinski definition) is 2. The number of rotatable bonds is 0. The molecule has 0 saturated heterocycles. The number of carbonyl (C=O) groups is 1. The number of likely N-dealkylation sites (N-methyl/N-ethyl adjacent to an activating group) is 1. The molecule has 0 fully saturated rings. The molecular formula is C5H8FN3O. The number of hydrogen-bond acceptors (Lipinski definition) is 2. The second-order valence-corrected chi connectivity index (χ2v) is 2.03. The third-order valence-electron chi connectivity index (χ3n) is 1.35. The van der Waals surface area contributed by atoms with Crippen LogP contribution in [-0.2, 0) is 0 Å². The van der Waals surface area contributed by atoms with Crippen LogP contribution in [0.25, 0.3) is 0 Å². The fourth-order valence-electron chi connectivity index (χ4n) is 0.629. The molecule has 2 amide bonds. The number of carbonyl (C=O) groups excluding carboxylic acids is 1. The molecule has 0 aromatic heterocycles. The summed E-state index contributed by atoms with van der Waals surface area (Å²) in [7, 11) is 1.42. The molecule has 3 N–H and O–H groups in total. The minimum atomic E-state index is -0.936. The van der Waals surface area contributed by atoms with E-state index in [9.17, 15) is 9.18 Å². The highest BCUT2D eigenvalue weighted by Crippen LogP contribution is 2.08. The fourth-order valence-corrected chi connectivity index (χ4v) is 0.629. The molecule has 5 heteroatoms. The van der Waals surface area contributed by atoms with Gasteiger partial charge in [0.1, 0.15) is 6.17 Å². The van der Waals surface area contributed by atoms with Gasteiger partial charge in [0, 0.05) is 13.2 Å². The Kier molecular flexibility index (Phi) is 1.58. The Morgan fingerprint density at radius 3 is 3.00 bits per heavy atom. The zero-order valence-corrected chi connectivity index (χ0v) is 5.47. The van der Waals surface area contributed by atoms with E-state index in [-0.39, 0.29) is 0 Å². The molecule has 0 spiro atoms. The molecule has 1 aliphatic heterocycles. The van der Waals surface area contributed by atoms with E-state index in [0.29, 0.717) is 0 Å². The first-order chi connectivity index (χ1) is 4.63. The summed E-state index contributed by atoms with van der Waals surface area (Å²) < 4.78 is 12.5. The number of nitrogens with two attached hydrogens (primary N) is 1. The fraction of sp³-hybridized carbons (Fsp3) is 0.400. The van der Waals surface area contributed by atoms with E-state index in [1.807, 2.05) is 0 Å². The summed E-state index contributed by atoms with van der Waals surface area (Å²) in [5, 5.41) is 2.18. The molecule has 1 atom stereocenters. The first kappa shape index (κ1) is 7.01. The number of halogens is 1. The average Bonchev–Trinajstić information content (AvgIpc) is 1.93. The monoisotopic (exact) mass is 145 g/mol. The van der Waals surface area contributed by atoms with Crippen molar-refractivity contribution in [2.75, 3.05) is 7.05 Å². The Morgan fingerprint density at radius 2 is 2.50 bits per heavy atom. The number of amides is 2. The van der Waals surface area contributed by atoms with Crippen LogP contribution in [-0.4, -0.2) is 24.1 Å². The van der Waals surface area contributed by atoms with Gasteiger partial charge in [-0.1, -0.05) is 0 Å². The van der Waals surface area contributed by atoms with Gasteiger partial charge in [-0.3, -0.25) is 0 Å². The standard InChI is InChI=1S/C5H8FN3O/c1-9-4(7)3(6)2-8-5(9)10/h2,4H,7H2,1H3,(H,8,10). The minimum absolute atomic E-state index is 0.395. The van der Waals surface area contributed by atoms with Crippen LogP contribution in [0.4, 0.5) is 9.18 Å². The van der Waals surface area contributed by atoms with E-state index in [0.717, 1.165) is 11.1 Å². The second-order valence-electron chi connectivity index (χ2n) is 2.03. The van der Waals surface area contributed by atoms with Crippen molar-refractivity contribution in [2.45, 2.75) is 6.17 Å². The van der Waals surface area contributed by atoms with Gasteiger partial charge in [-0.25, -0.2) is 9.18 Å².